The predicted molar refractivity (Wildman–Crippen MR) is 72.5 cm³/mol. The third kappa shape index (κ3) is 2.79. The zero-order valence-electron chi connectivity index (χ0n) is 9.97. The van der Waals surface area contributed by atoms with Gasteiger partial charge in [-0.25, -0.2) is 4.98 Å². The van der Waals surface area contributed by atoms with Crippen LogP contribution in [0.1, 0.15) is 11.3 Å². The number of nitriles is 1. The SMILES string of the molecule is CN(Cc1ccc(Cl)cc1)c1cccnc1C#N. The molecular weight excluding hydrogens is 246 g/mol. The van der Waals surface area contributed by atoms with E-state index in [1.54, 1.807) is 6.20 Å². The van der Waals surface area contributed by atoms with E-state index in [9.17, 15) is 0 Å². The quantitative estimate of drug-likeness (QED) is 0.847. The van der Waals surface area contributed by atoms with Crippen LogP contribution in [0.5, 0.6) is 0 Å². The lowest BCUT2D eigenvalue weighted by Gasteiger charge is -2.19. The molecule has 2 rings (SSSR count). The second kappa shape index (κ2) is 5.52. The molecule has 0 aliphatic heterocycles. The molecule has 1 aromatic carbocycles. The van der Waals surface area contributed by atoms with Gasteiger partial charge in [0.05, 0.1) is 5.69 Å². The van der Waals surface area contributed by atoms with E-state index in [1.165, 1.54) is 0 Å². The maximum absolute atomic E-state index is 9.01. The van der Waals surface area contributed by atoms with Crippen molar-refractivity contribution in [1.82, 2.24) is 4.98 Å². The number of anilines is 1. The van der Waals surface area contributed by atoms with E-state index >= 15 is 0 Å². The molecule has 0 atom stereocenters. The summed E-state index contributed by atoms with van der Waals surface area (Å²) in [6, 6.07) is 13.5. The van der Waals surface area contributed by atoms with Crippen molar-refractivity contribution in [1.29, 1.82) is 5.26 Å². The zero-order chi connectivity index (χ0) is 13.0. The second-order valence-electron chi connectivity index (χ2n) is 3.97. The van der Waals surface area contributed by atoms with Crippen molar-refractivity contribution in [2.24, 2.45) is 0 Å². The monoisotopic (exact) mass is 257 g/mol. The smallest absolute Gasteiger partial charge is 0.163 e. The van der Waals surface area contributed by atoms with Crippen LogP contribution in [0.15, 0.2) is 42.6 Å². The fourth-order valence-electron chi connectivity index (χ4n) is 1.74. The zero-order valence-corrected chi connectivity index (χ0v) is 10.7. The summed E-state index contributed by atoms with van der Waals surface area (Å²) in [5, 5.41) is 9.74. The minimum atomic E-state index is 0.439. The molecule has 0 radical (unpaired) electrons. The fraction of sp³-hybridized carbons (Fsp3) is 0.143. The van der Waals surface area contributed by atoms with Gasteiger partial charge >= 0.3 is 0 Å². The van der Waals surface area contributed by atoms with Crippen molar-refractivity contribution in [3.8, 4) is 6.07 Å². The van der Waals surface area contributed by atoms with Crippen LogP contribution >= 0.6 is 11.6 Å². The van der Waals surface area contributed by atoms with Gasteiger partial charge in [0, 0.05) is 24.8 Å². The molecule has 0 saturated heterocycles. The van der Waals surface area contributed by atoms with E-state index < -0.39 is 0 Å². The molecule has 4 heteroatoms. The Morgan fingerprint density at radius 2 is 2.00 bits per heavy atom. The van der Waals surface area contributed by atoms with Crippen LogP contribution < -0.4 is 4.90 Å². The summed E-state index contributed by atoms with van der Waals surface area (Å²) in [5.41, 5.74) is 2.40. The van der Waals surface area contributed by atoms with Crippen LogP contribution in [0.3, 0.4) is 0 Å². The first-order chi connectivity index (χ1) is 8.70. The summed E-state index contributed by atoms with van der Waals surface area (Å²) >= 11 is 5.85. The molecule has 0 N–H and O–H groups in total. The van der Waals surface area contributed by atoms with Crippen molar-refractivity contribution in [3.05, 3.63) is 58.9 Å². The summed E-state index contributed by atoms with van der Waals surface area (Å²) in [5.74, 6) is 0. The molecule has 0 bridgehead atoms. The van der Waals surface area contributed by atoms with Crippen molar-refractivity contribution < 1.29 is 0 Å². The first-order valence-electron chi connectivity index (χ1n) is 5.51. The minimum Gasteiger partial charge on any atom is -0.368 e. The van der Waals surface area contributed by atoms with Gasteiger partial charge in [-0.15, -0.1) is 0 Å². The highest BCUT2D eigenvalue weighted by Gasteiger charge is 2.08. The van der Waals surface area contributed by atoms with Gasteiger partial charge in [-0.05, 0) is 29.8 Å². The molecule has 3 nitrogen and oxygen atoms in total. The van der Waals surface area contributed by atoms with Crippen LogP contribution in [-0.4, -0.2) is 12.0 Å². The Hall–Kier alpha value is -2.05. The second-order valence-corrected chi connectivity index (χ2v) is 4.40. The Balaban J connectivity index is 2.19. The highest BCUT2D eigenvalue weighted by atomic mass is 35.5. The number of nitrogens with zero attached hydrogens (tertiary/aromatic N) is 3. The fourth-order valence-corrected chi connectivity index (χ4v) is 1.87. The van der Waals surface area contributed by atoms with Gasteiger partial charge < -0.3 is 4.90 Å². The molecule has 0 amide bonds. The van der Waals surface area contributed by atoms with Gasteiger partial charge in [-0.2, -0.15) is 5.26 Å². The van der Waals surface area contributed by atoms with Gasteiger partial charge in [-0.1, -0.05) is 23.7 Å². The van der Waals surface area contributed by atoms with Crippen LogP contribution in [0.25, 0.3) is 0 Å². The van der Waals surface area contributed by atoms with Crippen LogP contribution in [0, 0.1) is 11.3 Å². The van der Waals surface area contributed by atoms with Crippen molar-refractivity contribution in [3.63, 3.8) is 0 Å². The van der Waals surface area contributed by atoms with E-state index in [4.69, 9.17) is 16.9 Å². The Morgan fingerprint density at radius 3 is 2.67 bits per heavy atom. The first-order valence-corrected chi connectivity index (χ1v) is 5.89. The van der Waals surface area contributed by atoms with E-state index in [-0.39, 0.29) is 0 Å². The van der Waals surface area contributed by atoms with Gasteiger partial charge in [0.2, 0.25) is 0 Å². The Bertz CT molecular complexity index is 572. The molecular formula is C14H12ClN3. The summed E-state index contributed by atoms with van der Waals surface area (Å²) in [6.07, 6.45) is 1.62. The third-order valence-corrected chi connectivity index (χ3v) is 2.89. The largest absolute Gasteiger partial charge is 0.368 e. The number of rotatable bonds is 3. The minimum absolute atomic E-state index is 0.439. The lowest BCUT2D eigenvalue weighted by Crippen LogP contribution is -2.17. The normalized spacial score (nSPS) is 9.83. The van der Waals surface area contributed by atoms with Crippen LogP contribution in [0.2, 0.25) is 5.02 Å². The maximum atomic E-state index is 9.01. The molecule has 0 aliphatic rings. The van der Waals surface area contributed by atoms with Gasteiger partial charge in [0.1, 0.15) is 6.07 Å². The molecule has 0 unspecified atom stereocenters. The van der Waals surface area contributed by atoms with E-state index in [0.717, 1.165) is 16.3 Å². The molecule has 18 heavy (non-hydrogen) atoms. The molecule has 0 saturated carbocycles. The Morgan fingerprint density at radius 1 is 1.28 bits per heavy atom. The molecule has 90 valence electrons. The average molecular weight is 258 g/mol. The number of hydrogen-bond acceptors (Lipinski definition) is 3. The van der Waals surface area contributed by atoms with Crippen molar-refractivity contribution in [2.45, 2.75) is 6.54 Å². The van der Waals surface area contributed by atoms with Crippen LogP contribution in [-0.2, 0) is 6.54 Å². The average Bonchev–Trinajstić information content (AvgIpc) is 2.41. The number of pyridine rings is 1. The first kappa shape index (κ1) is 12.4. The summed E-state index contributed by atoms with van der Waals surface area (Å²) in [7, 11) is 1.94. The molecule has 0 spiro atoms. The highest BCUT2D eigenvalue weighted by molar-refractivity contribution is 6.30. The number of benzene rings is 1. The standard InChI is InChI=1S/C14H12ClN3/c1-18(10-11-4-6-12(15)7-5-11)14-3-2-8-17-13(14)9-16/h2-8H,10H2,1H3. The van der Waals surface area contributed by atoms with Gasteiger partial charge in [0.25, 0.3) is 0 Å². The topological polar surface area (TPSA) is 39.9 Å². The lowest BCUT2D eigenvalue weighted by atomic mass is 10.2. The molecule has 0 aliphatic carbocycles. The van der Waals surface area contributed by atoms with Gasteiger partial charge in [0.15, 0.2) is 5.69 Å². The number of hydrogen-bond donors (Lipinski definition) is 0. The van der Waals surface area contributed by atoms with Crippen LogP contribution in [0.4, 0.5) is 5.69 Å². The Labute approximate surface area is 111 Å². The number of aromatic nitrogens is 1. The highest BCUT2D eigenvalue weighted by Crippen LogP contribution is 2.19. The summed E-state index contributed by atoms with van der Waals surface area (Å²) in [6.45, 7) is 0.706. The summed E-state index contributed by atoms with van der Waals surface area (Å²) < 4.78 is 0. The van der Waals surface area contributed by atoms with Crippen molar-refractivity contribution in [2.75, 3.05) is 11.9 Å². The Kier molecular flexibility index (Phi) is 3.81. The van der Waals surface area contributed by atoms with Crippen molar-refractivity contribution >= 4 is 17.3 Å². The summed E-state index contributed by atoms with van der Waals surface area (Å²) in [4.78, 5) is 6.04. The molecule has 1 aromatic heterocycles. The lowest BCUT2D eigenvalue weighted by molar-refractivity contribution is 0.914. The van der Waals surface area contributed by atoms with E-state index in [0.29, 0.717) is 12.2 Å². The molecule has 1 heterocycles. The van der Waals surface area contributed by atoms with E-state index in [2.05, 4.69) is 11.1 Å². The predicted octanol–water partition coefficient (Wildman–Crippen LogP) is 3.24. The van der Waals surface area contributed by atoms with Gasteiger partial charge in [-0.3, -0.25) is 0 Å². The van der Waals surface area contributed by atoms with E-state index in [1.807, 2.05) is 48.3 Å². The number of halogens is 1. The molecule has 2 aromatic rings. The maximum Gasteiger partial charge on any atom is 0.163 e. The molecule has 0 fully saturated rings. The third-order valence-electron chi connectivity index (χ3n) is 2.64.